The summed E-state index contributed by atoms with van der Waals surface area (Å²) in [6, 6.07) is 11.3. The van der Waals surface area contributed by atoms with Crippen molar-refractivity contribution >= 4 is 11.6 Å². The molecule has 122 valence electrons. The summed E-state index contributed by atoms with van der Waals surface area (Å²) in [5.41, 5.74) is 3.88. The van der Waals surface area contributed by atoms with Gasteiger partial charge in [-0.15, -0.1) is 5.11 Å². The summed E-state index contributed by atoms with van der Waals surface area (Å²) in [6.45, 7) is 4.12. The number of benzene rings is 1. The summed E-state index contributed by atoms with van der Waals surface area (Å²) in [5, 5.41) is 7.84. The first-order valence-corrected chi connectivity index (χ1v) is 7.58. The Morgan fingerprint density at radius 3 is 2.67 bits per heavy atom. The predicted octanol–water partition coefficient (Wildman–Crippen LogP) is 3.75. The number of carbonyl (C=O) groups excluding carboxylic acids is 1. The molecule has 1 aromatic carbocycles. The van der Waals surface area contributed by atoms with Gasteiger partial charge in [-0.05, 0) is 49.2 Å². The van der Waals surface area contributed by atoms with E-state index < -0.39 is 5.91 Å². The molecule has 0 N–H and O–H groups in total. The number of amides is 1. The van der Waals surface area contributed by atoms with Gasteiger partial charge in [0, 0.05) is 6.20 Å². The van der Waals surface area contributed by atoms with Crippen LogP contribution in [0, 0.1) is 13.8 Å². The maximum absolute atomic E-state index is 12.4. The molecule has 0 fully saturated rings. The molecule has 2 heterocycles. The van der Waals surface area contributed by atoms with E-state index in [1.165, 1.54) is 0 Å². The normalized spacial score (nSPS) is 11.3. The minimum absolute atomic E-state index is 0.338. The molecule has 0 saturated carbocycles. The number of nitrogens with zero attached hydrogens (tertiary/aromatic N) is 4. The zero-order valence-electron chi connectivity index (χ0n) is 13.9. The van der Waals surface area contributed by atoms with Crippen LogP contribution in [-0.4, -0.2) is 22.4 Å². The average Bonchev–Trinajstić information content (AvgIpc) is 2.90. The Bertz CT molecular complexity index is 911. The third-order valence-corrected chi connectivity index (χ3v) is 3.73. The maximum atomic E-state index is 12.4. The zero-order chi connectivity index (χ0) is 17.1. The van der Waals surface area contributed by atoms with E-state index in [9.17, 15) is 4.79 Å². The van der Waals surface area contributed by atoms with E-state index in [0.29, 0.717) is 17.9 Å². The van der Waals surface area contributed by atoms with Gasteiger partial charge in [-0.1, -0.05) is 12.1 Å². The summed E-state index contributed by atoms with van der Waals surface area (Å²) in [7, 11) is 1.62. The Labute approximate surface area is 139 Å². The van der Waals surface area contributed by atoms with Crippen LogP contribution in [0.25, 0.3) is 5.65 Å². The number of hydrogen-bond donors (Lipinski definition) is 0. The van der Waals surface area contributed by atoms with Gasteiger partial charge in [0.1, 0.15) is 17.1 Å². The molecule has 0 bridgehead atoms. The molecule has 3 rings (SSSR count). The van der Waals surface area contributed by atoms with Gasteiger partial charge in [-0.2, -0.15) is 5.11 Å². The first-order valence-electron chi connectivity index (χ1n) is 7.58. The second-order valence-corrected chi connectivity index (χ2v) is 5.53. The van der Waals surface area contributed by atoms with Crippen molar-refractivity contribution in [3.8, 4) is 5.75 Å². The molecule has 0 atom stereocenters. The Kier molecular flexibility index (Phi) is 4.37. The maximum Gasteiger partial charge on any atom is 0.313 e. The van der Waals surface area contributed by atoms with Crippen LogP contribution in [0.1, 0.15) is 27.3 Å². The molecular weight excluding hydrogens is 304 g/mol. The van der Waals surface area contributed by atoms with E-state index in [2.05, 4.69) is 15.2 Å². The highest BCUT2D eigenvalue weighted by Crippen LogP contribution is 2.15. The molecule has 3 aromatic rings. The average molecular weight is 322 g/mol. The number of fused-ring (bicyclic) bond motifs is 1. The summed E-state index contributed by atoms with van der Waals surface area (Å²) < 4.78 is 6.85. The molecule has 0 aliphatic rings. The number of hydrogen-bond acceptors (Lipinski definition) is 4. The fraction of sp³-hybridized carbons (Fsp3) is 0.222. The molecule has 6 heteroatoms. The number of ether oxygens (including phenoxy) is 1. The molecule has 0 saturated heterocycles. The van der Waals surface area contributed by atoms with Crippen molar-refractivity contribution < 1.29 is 9.53 Å². The second-order valence-electron chi connectivity index (χ2n) is 5.53. The minimum Gasteiger partial charge on any atom is -0.497 e. The highest BCUT2D eigenvalue weighted by Gasteiger charge is 2.16. The summed E-state index contributed by atoms with van der Waals surface area (Å²) in [6.07, 6.45) is 1.83. The summed E-state index contributed by atoms with van der Waals surface area (Å²) in [5.74, 6) is 0.390. The molecular formula is C18H18N4O2. The SMILES string of the molecule is COc1ccc(CN=NC(=O)c2c(C)nc3cc(C)ccn23)cc1. The largest absolute Gasteiger partial charge is 0.497 e. The van der Waals surface area contributed by atoms with E-state index in [-0.39, 0.29) is 0 Å². The van der Waals surface area contributed by atoms with Crippen molar-refractivity contribution in [3.05, 3.63) is 65.1 Å². The van der Waals surface area contributed by atoms with Gasteiger partial charge in [0.2, 0.25) is 0 Å². The van der Waals surface area contributed by atoms with Crippen molar-refractivity contribution in [1.82, 2.24) is 9.38 Å². The highest BCUT2D eigenvalue weighted by atomic mass is 16.5. The van der Waals surface area contributed by atoms with Crippen molar-refractivity contribution in [2.75, 3.05) is 7.11 Å². The molecule has 0 spiro atoms. The zero-order valence-corrected chi connectivity index (χ0v) is 13.9. The first kappa shape index (κ1) is 15.9. The van der Waals surface area contributed by atoms with Gasteiger partial charge in [0.05, 0.1) is 19.3 Å². The lowest BCUT2D eigenvalue weighted by molar-refractivity contribution is 0.0987. The van der Waals surface area contributed by atoms with Gasteiger partial charge < -0.3 is 4.74 Å². The van der Waals surface area contributed by atoms with Gasteiger partial charge in [0.25, 0.3) is 0 Å². The van der Waals surface area contributed by atoms with Crippen LogP contribution < -0.4 is 4.74 Å². The number of pyridine rings is 1. The number of aromatic nitrogens is 2. The number of imidazole rings is 1. The van der Waals surface area contributed by atoms with Gasteiger partial charge >= 0.3 is 5.91 Å². The molecule has 0 unspecified atom stereocenters. The third kappa shape index (κ3) is 3.17. The van der Waals surface area contributed by atoms with Crippen LogP contribution in [0.3, 0.4) is 0 Å². The highest BCUT2D eigenvalue weighted by molar-refractivity contribution is 5.95. The van der Waals surface area contributed by atoms with E-state index in [4.69, 9.17) is 4.74 Å². The molecule has 0 aliphatic carbocycles. The molecule has 2 aromatic heterocycles. The number of azo groups is 1. The van der Waals surface area contributed by atoms with Crippen molar-refractivity contribution in [1.29, 1.82) is 0 Å². The number of rotatable bonds is 4. The lowest BCUT2D eigenvalue weighted by atomic mass is 10.2. The number of methoxy groups -OCH3 is 1. The first-order chi connectivity index (χ1) is 11.6. The van der Waals surface area contributed by atoms with Crippen LogP contribution in [0.15, 0.2) is 52.8 Å². The second kappa shape index (κ2) is 6.62. The predicted molar refractivity (Wildman–Crippen MR) is 90.6 cm³/mol. The van der Waals surface area contributed by atoms with Gasteiger partial charge in [-0.3, -0.25) is 9.20 Å². The van der Waals surface area contributed by atoms with Crippen LogP contribution in [0.2, 0.25) is 0 Å². The molecule has 1 amide bonds. The fourth-order valence-electron chi connectivity index (χ4n) is 2.48. The minimum atomic E-state index is -0.391. The molecule has 0 aliphatic heterocycles. The Morgan fingerprint density at radius 1 is 1.21 bits per heavy atom. The third-order valence-electron chi connectivity index (χ3n) is 3.73. The molecule has 6 nitrogen and oxygen atoms in total. The molecule has 0 radical (unpaired) electrons. The van der Waals surface area contributed by atoms with E-state index in [0.717, 1.165) is 22.5 Å². The Balaban J connectivity index is 1.78. The van der Waals surface area contributed by atoms with E-state index in [1.807, 2.05) is 49.5 Å². The quantitative estimate of drug-likeness (QED) is 0.687. The smallest absolute Gasteiger partial charge is 0.313 e. The summed E-state index contributed by atoms with van der Waals surface area (Å²) >= 11 is 0. The Morgan fingerprint density at radius 2 is 1.96 bits per heavy atom. The van der Waals surface area contributed by atoms with Crippen LogP contribution in [0.5, 0.6) is 5.75 Å². The van der Waals surface area contributed by atoms with Crippen LogP contribution in [-0.2, 0) is 6.54 Å². The van der Waals surface area contributed by atoms with Crippen molar-refractivity contribution in [2.24, 2.45) is 10.2 Å². The van der Waals surface area contributed by atoms with Crippen LogP contribution >= 0.6 is 0 Å². The Hall–Kier alpha value is -3.02. The summed E-state index contributed by atoms with van der Waals surface area (Å²) in [4.78, 5) is 16.8. The van der Waals surface area contributed by atoms with Gasteiger partial charge in [-0.25, -0.2) is 4.98 Å². The number of carbonyl (C=O) groups is 1. The van der Waals surface area contributed by atoms with Gasteiger partial charge in [0.15, 0.2) is 0 Å². The van der Waals surface area contributed by atoms with Crippen LogP contribution in [0.4, 0.5) is 0 Å². The van der Waals surface area contributed by atoms with E-state index >= 15 is 0 Å². The number of aryl methyl sites for hydroxylation is 2. The monoisotopic (exact) mass is 322 g/mol. The molecule has 24 heavy (non-hydrogen) atoms. The lowest BCUT2D eigenvalue weighted by Gasteiger charge is -2.00. The standard InChI is InChI=1S/C18H18N4O2/c1-12-8-9-22-16(10-12)20-13(2)17(22)18(23)21-19-11-14-4-6-15(24-3)7-5-14/h4-10H,11H2,1-3H3. The van der Waals surface area contributed by atoms with Crippen molar-refractivity contribution in [2.45, 2.75) is 20.4 Å². The van der Waals surface area contributed by atoms with Crippen molar-refractivity contribution in [3.63, 3.8) is 0 Å². The topological polar surface area (TPSA) is 68.3 Å². The lowest BCUT2D eigenvalue weighted by Crippen LogP contribution is -2.02. The van der Waals surface area contributed by atoms with E-state index in [1.54, 1.807) is 18.4 Å². The fourth-order valence-corrected chi connectivity index (χ4v) is 2.48.